The third-order valence-corrected chi connectivity index (χ3v) is 3.13. The number of amides is 1. The van der Waals surface area contributed by atoms with Crippen molar-refractivity contribution >= 4 is 29.0 Å². The zero-order chi connectivity index (χ0) is 15.4. The molecule has 3 N–H and O–H groups in total. The number of nitro groups is 1. The van der Waals surface area contributed by atoms with Crippen LogP contribution in [0.4, 0.5) is 11.5 Å². The monoisotopic (exact) mass is 306 g/mol. The van der Waals surface area contributed by atoms with Gasteiger partial charge in [-0.15, -0.1) is 0 Å². The number of nitrogen functional groups attached to an aromatic ring is 1. The van der Waals surface area contributed by atoms with Gasteiger partial charge in [-0.25, -0.2) is 4.98 Å². The standard InChI is InChI=1S/C13H11ClN4O3/c14-11-4-2-1-3-8(11)6-17-13(19)10-5-9(18(20)21)7-16-12(10)15/h1-5,7H,6H2,(H2,15,16)(H,17,19). The number of carbonyl (C=O) groups excluding carboxylic acids is 1. The SMILES string of the molecule is Nc1ncc([N+](=O)[O-])cc1C(=O)NCc1ccccc1Cl. The van der Waals surface area contributed by atoms with Crippen LogP contribution in [-0.2, 0) is 6.54 Å². The van der Waals surface area contributed by atoms with E-state index in [1.165, 1.54) is 0 Å². The number of halogens is 1. The second-order valence-electron chi connectivity index (χ2n) is 4.16. The molecule has 7 nitrogen and oxygen atoms in total. The molecule has 0 unspecified atom stereocenters. The lowest BCUT2D eigenvalue weighted by atomic mass is 10.2. The van der Waals surface area contributed by atoms with Crippen LogP contribution in [0.1, 0.15) is 15.9 Å². The van der Waals surface area contributed by atoms with Gasteiger partial charge in [-0.1, -0.05) is 29.8 Å². The minimum absolute atomic E-state index is 0.0451. The molecule has 0 spiro atoms. The van der Waals surface area contributed by atoms with Crippen molar-refractivity contribution in [2.45, 2.75) is 6.54 Å². The van der Waals surface area contributed by atoms with Crippen molar-refractivity contribution in [3.63, 3.8) is 0 Å². The average molecular weight is 307 g/mol. The zero-order valence-electron chi connectivity index (χ0n) is 10.7. The van der Waals surface area contributed by atoms with Crippen molar-refractivity contribution in [3.8, 4) is 0 Å². The van der Waals surface area contributed by atoms with Gasteiger partial charge in [0, 0.05) is 17.6 Å². The molecular weight excluding hydrogens is 296 g/mol. The molecule has 2 rings (SSSR count). The number of aromatic nitrogens is 1. The molecule has 0 aliphatic heterocycles. The summed E-state index contributed by atoms with van der Waals surface area (Å²) in [5, 5.41) is 13.8. The first kappa shape index (κ1) is 14.7. The Morgan fingerprint density at radius 2 is 2.14 bits per heavy atom. The Balaban J connectivity index is 2.15. The van der Waals surface area contributed by atoms with E-state index < -0.39 is 10.8 Å². The Hall–Kier alpha value is -2.67. The van der Waals surface area contributed by atoms with Crippen molar-refractivity contribution in [2.75, 3.05) is 5.73 Å². The van der Waals surface area contributed by atoms with E-state index >= 15 is 0 Å². The molecule has 0 bridgehead atoms. The summed E-state index contributed by atoms with van der Waals surface area (Å²) in [4.78, 5) is 25.7. The van der Waals surface area contributed by atoms with Gasteiger partial charge in [0.25, 0.3) is 11.6 Å². The molecule has 0 atom stereocenters. The molecule has 1 heterocycles. The summed E-state index contributed by atoms with van der Waals surface area (Å²) in [6, 6.07) is 8.11. The van der Waals surface area contributed by atoms with Crippen LogP contribution in [0.15, 0.2) is 36.5 Å². The Kier molecular flexibility index (Phi) is 4.34. The highest BCUT2D eigenvalue weighted by Crippen LogP contribution is 2.18. The maximum atomic E-state index is 12.0. The van der Waals surface area contributed by atoms with Crippen LogP contribution in [0.3, 0.4) is 0 Å². The highest BCUT2D eigenvalue weighted by molar-refractivity contribution is 6.31. The summed E-state index contributed by atoms with van der Waals surface area (Å²) in [5.41, 5.74) is 5.95. The molecule has 2 aromatic rings. The summed E-state index contributed by atoms with van der Waals surface area (Å²) in [5.74, 6) is -0.624. The second-order valence-corrected chi connectivity index (χ2v) is 4.56. The number of nitrogens with one attached hydrogen (secondary N) is 1. The third kappa shape index (κ3) is 3.46. The van der Waals surface area contributed by atoms with Crippen LogP contribution in [0.2, 0.25) is 5.02 Å². The lowest BCUT2D eigenvalue weighted by Crippen LogP contribution is -2.24. The van der Waals surface area contributed by atoms with Gasteiger partial charge in [-0.3, -0.25) is 14.9 Å². The van der Waals surface area contributed by atoms with Gasteiger partial charge in [0.2, 0.25) is 0 Å². The van der Waals surface area contributed by atoms with Gasteiger partial charge in [0.15, 0.2) is 0 Å². The zero-order valence-corrected chi connectivity index (χ0v) is 11.5. The van der Waals surface area contributed by atoms with E-state index in [2.05, 4.69) is 10.3 Å². The van der Waals surface area contributed by atoms with E-state index in [4.69, 9.17) is 17.3 Å². The number of hydrogen-bond donors (Lipinski definition) is 2. The van der Waals surface area contributed by atoms with Gasteiger partial charge in [0.05, 0.1) is 10.5 Å². The first-order chi connectivity index (χ1) is 9.99. The molecule has 21 heavy (non-hydrogen) atoms. The average Bonchev–Trinajstić information content (AvgIpc) is 2.46. The predicted molar refractivity (Wildman–Crippen MR) is 77.9 cm³/mol. The summed E-state index contributed by atoms with van der Waals surface area (Å²) in [6.07, 6.45) is 1.00. The van der Waals surface area contributed by atoms with E-state index in [9.17, 15) is 14.9 Å². The molecular formula is C13H11ClN4O3. The number of nitrogens with two attached hydrogens (primary N) is 1. The van der Waals surface area contributed by atoms with Crippen LogP contribution >= 0.6 is 11.6 Å². The van der Waals surface area contributed by atoms with E-state index in [1.807, 2.05) is 0 Å². The maximum absolute atomic E-state index is 12.0. The van der Waals surface area contributed by atoms with Gasteiger partial charge >= 0.3 is 0 Å². The fraction of sp³-hybridized carbons (Fsp3) is 0.0769. The number of benzene rings is 1. The molecule has 1 amide bonds. The van der Waals surface area contributed by atoms with Crippen LogP contribution in [-0.4, -0.2) is 15.8 Å². The van der Waals surface area contributed by atoms with Gasteiger partial charge in [-0.05, 0) is 11.6 Å². The predicted octanol–water partition coefficient (Wildman–Crippen LogP) is 2.16. The number of pyridine rings is 1. The summed E-state index contributed by atoms with van der Waals surface area (Å²) in [6.45, 7) is 0.181. The van der Waals surface area contributed by atoms with Gasteiger partial charge < -0.3 is 11.1 Å². The van der Waals surface area contributed by atoms with Crippen molar-refractivity contribution in [2.24, 2.45) is 0 Å². The molecule has 0 aliphatic carbocycles. The van der Waals surface area contributed by atoms with E-state index in [1.54, 1.807) is 24.3 Å². The quantitative estimate of drug-likeness (QED) is 0.664. The Bertz CT molecular complexity index is 706. The number of carbonyl (C=O) groups is 1. The highest BCUT2D eigenvalue weighted by atomic mass is 35.5. The molecule has 0 radical (unpaired) electrons. The molecule has 1 aromatic carbocycles. The molecule has 1 aromatic heterocycles. The van der Waals surface area contributed by atoms with E-state index in [0.717, 1.165) is 17.8 Å². The fourth-order valence-corrected chi connectivity index (χ4v) is 1.86. The first-order valence-corrected chi connectivity index (χ1v) is 6.28. The first-order valence-electron chi connectivity index (χ1n) is 5.90. The normalized spacial score (nSPS) is 10.1. The van der Waals surface area contributed by atoms with Crippen molar-refractivity contribution in [3.05, 3.63) is 62.8 Å². The van der Waals surface area contributed by atoms with E-state index in [0.29, 0.717) is 5.02 Å². The van der Waals surface area contributed by atoms with Crippen molar-refractivity contribution in [1.29, 1.82) is 0 Å². The number of hydrogen-bond acceptors (Lipinski definition) is 5. The molecule has 0 saturated carbocycles. The Labute approximate surface area is 124 Å². The largest absolute Gasteiger partial charge is 0.383 e. The minimum atomic E-state index is -0.642. The number of nitrogens with zero attached hydrogens (tertiary/aromatic N) is 2. The Morgan fingerprint density at radius 3 is 2.81 bits per heavy atom. The van der Waals surface area contributed by atoms with Crippen molar-refractivity contribution < 1.29 is 9.72 Å². The number of rotatable bonds is 4. The summed E-state index contributed by atoms with van der Waals surface area (Å²) >= 11 is 5.97. The maximum Gasteiger partial charge on any atom is 0.288 e. The topological polar surface area (TPSA) is 111 Å². The van der Waals surface area contributed by atoms with Crippen LogP contribution < -0.4 is 11.1 Å². The van der Waals surface area contributed by atoms with Crippen LogP contribution in [0, 0.1) is 10.1 Å². The van der Waals surface area contributed by atoms with Gasteiger partial charge in [0.1, 0.15) is 12.0 Å². The van der Waals surface area contributed by atoms with Crippen LogP contribution in [0.25, 0.3) is 0 Å². The molecule has 8 heteroatoms. The van der Waals surface area contributed by atoms with Crippen molar-refractivity contribution in [1.82, 2.24) is 10.3 Å². The third-order valence-electron chi connectivity index (χ3n) is 2.76. The minimum Gasteiger partial charge on any atom is -0.383 e. The molecule has 0 fully saturated rings. The summed E-state index contributed by atoms with van der Waals surface area (Å²) in [7, 11) is 0. The lowest BCUT2D eigenvalue weighted by molar-refractivity contribution is -0.385. The van der Waals surface area contributed by atoms with E-state index in [-0.39, 0.29) is 23.6 Å². The summed E-state index contributed by atoms with van der Waals surface area (Å²) < 4.78 is 0. The fourth-order valence-electron chi connectivity index (χ4n) is 1.66. The lowest BCUT2D eigenvalue weighted by Gasteiger charge is -2.08. The molecule has 0 saturated heterocycles. The number of anilines is 1. The highest BCUT2D eigenvalue weighted by Gasteiger charge is 2.16. The van der Waals surface area contributed by atoms with Crippen LogP contribution in [0.5, 0.6) is 0 Å². The van der Waals surface area contributed by atoms with Gasteiger partial charge in [-0.2, -0.15) is 0 Å². The molecule has 0 aliphatic rings. The smallest absolute Gasteiger partial charge is 0.288 e. The molecule has 108 valence electrons. The second kappa shape index (κ2) is 6.19. The Morgan fingerprint density at radius 1 is 1.43 bits per heavy atom.